The van der Waals surface area contributed by atoms with Crippen LogP contribution in [0.25, 0.3) is 0 Å². The summed E-state index contributed by atoms with van der Waals surface area (Å²) in [6.45, 7) is 6.40. The lowest BCUT2D eigenvalue weighted by Gasteiger charge is -2.25. The van der Waals surface area contributed by atoms with Crippen molar-refractivity contribution in [3.05, 3.63) is 30.1 Å². The van der Waals surface area contributed by atoms with E-state index in [4.69, 9.17) is 4.74 Å². The highest BCUT2D eigenvalue weighted by Gasteiger charge is 2.16. The van der Waals surface area contributed by atoms with E-state index in [1.54, 1.807) is 7.11 Å². The Labute approximate surface area is 111 Å². The zero-order valence-electron chi connectivity index (χ0n) is 11.9. The Balaban J connectivity index is 2.54. The van der Waals surface area contributed by atoms with Crippen molar-refractivity contribution in [2.24, 2.45) is 5.92 Å². The molecule has 3 heteroatoms. The molecule has 0 aliphatic rings. The third-order valence-electron chi connectivity index (χ3n) is 3.30. The molecule has 0 aliphatic carbocycles. The molecule has 1 heterocycles. The molecule has 0 saturated carbocycles. The highest BCUT2D eigenvalue weighted by atomic mass is 16.5. The second-order valence-electron chi connectivity index (χ2n) is 4.88. The SMILES string of the molecule is CCCNC(Cc1cccnc1)C(C)CCOC. The van der Waals surface area contributed by atoms with Crippen LogP contribution in [0.5, 0.6) is 0 Å². The van der Waals surface area contributed by atoms with Gasteiger partial charge in [-0.25, -0.2) is 0 Å². The van der Waals surface area contributed by atoms with Crippen molar-refractivity contribution in [1.29, 1.82) is 0 Å². The van der Waals surface area contributed by atoms with E-state index in [0.29, 0.717) is 12.0 Å². The summed E-state index contributed by atoms with van der Waals surface area (Å²) in [5.41, 5.74) is 1.30. The largest absolute Gasteiger partial charge is 0.385 e. The third-order valence-corrected chi connectivity index (χ3v) is 3.30. The third kappa shape index (κ3) is 5.61. The first-order valence-electron chi connectivity index (χ1n) is 6.89. The molecule has 0 aliphatic heterocycles. The van der Waals surface area contributed by atoms with E-state index in [1.807, 2.05) is 18.5 Å². The van der Waals surface area contributed by atoms with Crippen molar-refractivity contribution < 1.29 is 4.74 Å². The number of nitrogens with one attached hydrogen (secondary N) is 1. The van der Waals surface area contributed by atoms with Crippen LogP contribution in [-0.2, 0) is 11.2 Å². The number of rotatable bonds is 9. The Morgan fingerprint density at radius 2 is 2.28 bits per heavy atom. The van der Waals surface area contributed by atoms with Crippen LogP contribution in [0.2, 0.25) is 0 Å². The molecule has 0 fully saturated rings. The minimum Gasteiger partial charge on any atom is -0.385 e. The van der Waals surface area contributed by atoms with Crippen molar-refractivity contribution in [1.82, 2.24) is 10.3 Å². The number of nitrogens with zero attached hydrogens (tertiary/aromatic N) is 1. The molecule has 18 heavy (non-hydrogen) atoms. The highest BCUT2D eigenvalue weighted by molar-refractivity contribution is 5.10. The lowest BCUT2D eigenvalue weighted by atomic mass is 9.93. The molecule has 1 aromatic heterocycles. The Morgan fingerprint density at radius 3 is 2.89 bits per heavy atom. The monoisotopic (exact) mass is 250 g/mol. The van der Waals surface area contributed by atoms with Gasteiger partial charge in [0.25, 0.3) is 0 Å². The number of hydrogen-bond donors (Lipinski definition) is 1. The molecule has 0 radical (unpaired) electrons. The van der Waals surface area contributed by atoms with Crippen LogP contribution in [0.1, 0.15) is 32.3 Å². The van der Waals surface area contributed by atoms with Crippen molar-refractivity contribution in [2.45, 2.75) is 39.2 Å². The van der Waals surface area contributed by atoms with Gasteiger partial charge in [-0.15, -0.1) is 0 Å². The van der Waals surface area contributed by atoms with Crippen LogP contribution in [-0.4, -0.2) is 31.3 Å². The van der Waals surface area contributed by atoms with Crippen LogP contribution in [0.4, 0.5) is 0 Å². The van der Waals surface area contributed by atoms with Gasteiger partial charge in [-0.3, -0.25) is 4.98 Å². The Hall–Kier alpha value is -0.930. The van der Waals surface area contributed by atoms with Gasteiger partial charge in [-0.1, -0.05) is 19.9 Å². The van der Waals surface area contributed by atoms with Crippen LogP contribution >= 0.6 is 0 Å². The lowest BCUT2D eigenvalue weighted by Crippen LogP contribution is -2.37. The standard InChI is InChI=1S/C15H26N2O/c1-4-8-17-15(13(2)7-10-18-3)11-14-6-5-9-16-12-14/h5-6,9,12-13,15,17H,4,7-8,10-11H2,1-3H3. The predicted octanol–water partition coefficient (Wildman–Crippen LogP) is 2.66. The molecule has 0 saturated heterocycles. The van der Waals surface area contributed by atoms with Crippen LogP contribution in [0.15, 0.2) is 24.5 Å². The first kappa shape index (κ1) is 15.1. The van der Waals surface area contributed by atoms with E-state index in [9.17, 15) is 0 Å². The summed E-state index contributed by atoms with van der Waals surface area (Å²) < 4.78 is 5.18. The van der Waals surface area contributed by atoms with E-state index >= 15 is 0 Å². The summed E-state index contributed by atoms with van der Waals surface area (Å²) in [6, 6.07) is 4.66. The fourth-order valence-corrected chi connectivity index (χ4v) is 2.08. The summed E-state index contributed by atoms with van der Waals surface area (Å²) in [5, 5.41) is 3.64. The van der Waals surface area contributed by atoms with Crippen LogP contribution in [0.3, 0.4) is 0 Å². The first-order chi connectivity index (χ1) is 8.77. The smallest absolute Gasteiger partial charge is 0.0465 e. The molecule has 102 valence electrons. The molecule has 0 bridgehead atoms. The summed E-state index contributed by atoms with van der Waals surface area (Å²) in [5.74, 6) is 0.608. The Bertz CT molecular complexity index is 303. The van der Waals surface area contributed by atoms with Gasteiger partial charge >= 0.3 is 0 Å². The highest BCUT2D eigenvalue weighted by Crippen LogP contribution is 2.13. The minimum atomic E-state index is 0.504. The van der Waals surface area contributed by atoms with Gasteiger partial charge in [0.2, 0.25) is 0 Å². The predicted molar refractivity (Wildman–Crippen MR) is 75.7 cm³/mol. The van der Waals surface area contributed by atoms with Gasteiger partial charge < -0.3 is 10.1 Å². The Morgan fingerprint density at radius 1 is 1.44 bits per heavy atom. The zero-order chi connectivity index (χ0) is 13.2. The minimum absolute atomic E-state index is 0.504. The molecular weight excluding hydrogens is 224 g/mol. The molecule has 2 atom stereocenters. The lowest BCUT2D eigenvalue weighted by molar-refractivity contribution is 0.170. The van der Waals surface area contributed by atoms with Crippen molar-refractivity contribution in [2.75, 3.05) is 20.3 Å². The van der Waals surface area contributed by atoms with Crippen LogP contribution < -0.4 is 5.32 Å². The first-order valence-corrected chi connectivity index (χ1v) is 6.89. The molecule has 0 spiro atoms. The number of pyridine rings is 1. The topological polar surface area (TPSA) is 34.2 Å². The summed E-state index contributed by atoms with van der Waals surface area (Å²) in [4.78, 5) is 4.19. The van der Waals surface area contributed by atoms with Gasteiger partial charge in [0.1, 0.15) is 0 Å². The van der Waals surface area contributed by atoms with Gasteiger partial charge in [0.05, 0.1) is 0 Å². The van der Waals surface area contributed by atoms with E-state index in [1.165, 1.54) is 12.0 Å². The van der Waals surface area contributed by atoms with Crippen molar-refractivity contribution in [3.63, 3.8) is 0 Å². The van der Waals surface area contributed by atoms with Crippen molar-refractivity contribution in [3.8, 4) is 0 Å². The molecule has 3 nitrogen and oxygen atoms in total. The molecule has 1 rings (SSSR count). The van der Waals surface area contributed by atoms with E-state index < -0.39 is 0 Å². The molecule has 1 aromatic rings. The van der Waals surface area contributed by atoms with Crippen LogP contribution in [0, 0.1) is 5.92 Å². The van der Waals surface area contributed by atoms with E-state index in [2.05, 4.69) is 30.2 Å². The maximum Gasteiger partial charge on any atom is 0.0465 e. The molecule has 0 amide bonds. The molecule has 1 N–H and O–H groups in total. The molecule has 0 aromatic carbocycles. The van der Waals surface area contributed by atoms with Gasteiger partial charge in [0.15, 0.2) is 0 Å². The quantitative estimate of drug-likeness (QED) is 0.731. The fraction of sp³-hybridized carbons (Fsp3) is 0.667. The average Bonchev–Trinajstić information content (AvgIpc) is 2.42. The summed E-state index contributed by atoms with van der Waals surface area (Å²) >= 11 is 0. The number of methoxy groups -OCH3 is 1. The van der Waals surface area contributed by atoms with Gasteiger partial charge in [-0.05, 0) is 43.4 Å². The average molecular weight is 250 g/mol. The maximum atomic E-state index is 5.18. The number of hydrogen-bond acceptors (Lipinski definition) is 3. The van der Waals surface area contributed by atoms with Gasteiger partial charge in [-0.2, -0.15) is 0 Å². The summed E-state index contributed by atoms with van der Waals surface area (Å²) in [7, 11) is 1.77. The normalized spacial score (nSPS) is 14.4. The second kappa shape index (κ2) is 9.06. The van der Waals surface area contributed by atoms with Crippen molar-refractivity contribution >= 4 is 0 Å². The number of aromatic nitrogens is 1. The summed E-state index contributed by atoms with van der Waals surface area (Å²) in [6.07, 6.45) is 7.09. The maximum absolute atomic E-state index is 5.18. The van der Waals surface area contributed by atoms with Gasteiger partial charge in [0, 0.05) is 32.2 Å². The number of ether oxygens (including phenoxy) is 1. The zero-order valence-corrected chi connectivity index (χ0v) is 11.9. The fourth-order valence-electron chi connectivity index (χ4n) is 2.08. The molecule has 2 unspecified atom stereocenters. The second-order valence-corrected chi connectivity index (χ2v) is 4.88. The van der Waals surface area contributed by atoms with E-state index in [-0.39, 0.29) is 0 Å². The molecular formula is C15H26N2O. The van der Waals surface area contributed by atoms with E-state index in [0.717, 1.165) is 26.0 Å². The Kier molecular flexibility index (Phi) is 7.62.